The van der Waals surface area contributed by atoms with Crippen molar-refractivity contribution in [3.8, 4) is 0 Å². The molecule has 5 heteroatoms. The van der Waals surface area contributed by atoms with Crippen LogP contribution < -0.4 is 5.73 Å². The molecule has 1 aromatic heterocycles. The number of piperidine rings is 1. The molecule has 0 amide bonds. The van der Waals surface area contributed by atoms with E-state index in [-0.39, 0.29) is 12.4 Å². The molecule has 1 aliphatic heterocycles. The molecule has 4 nitrogen and oxygen atoms in total. The first-order valence-electron chi connectivity index (χ1n) is 5.67. The Morgan fingerprint density at radius 3 is 2.62 bits per heavy atom. The van der Waals surface area contributed by atoms with Crippen LogP contribution in [-0.4, -0.2) is 34.1 Å². The van der Waals surface area contributed by atoms with Crippen molar-refractivity contribution < 1.29 is 0 Å². The molecule has 1 aliphatic rings. The van der Waals surface area contributed by atoms with Crippen LogP contribution in [0.25, 0.3) is 0 Å². The van der Waals surface area contributed by atoms with Crippen molar-refractivity contribution in [1.29, 1.82) is 0 Å². The van der Waals surface area contributed by atoms with E-state index in [1.165, 1.54) is 31.6 Å². The summed E-state index contributed by atoms with van der Waals surface area (Å²) in [4.78, 5) is 6.62. The zero-order chi connectivity index (χ0) is 10.7. The lowest BCUT2D eigenvalue weighted by atomic mass is 9.97. The molecule has 0 bridgehead atoms. The van der Waals surface area contributed by atoms with Crippen molar-refractivity contribution in [2.75, 3.05) is 19.6 Å². The molecule has 1 fully saturated rings. The minimum atomic E-state index is 0. The largest absolute Gasteiger partial charge is 0.337 e. The minimum absolute atomic E-state index is 0. The van der Waals surface area contributed by atoms with Crippen LogP contribution in [0.3, 0.4) is 0 Å². The normalized spacial score (nSPS) is 18.4. The predicted octanol–water partition coefficient (Wildman–Crippen LogP) is 1.01. The van der Waals surface area contributed by atoms with Crippen LogP contribution in [0.5, 0.6) is 0 Å². The highest BCUT2D eigenvalue weighted by molar-refractivity contribution is 5.85. The van der Waals surface area contributed by atoms with Gasteiger partial charge in [-0.3, -0.25) is 4.90 Å². The number of likely N-dealkylation sites (tertiary alicyclic amines) is 1. The second-order valence-corrected chi connectivity index (χ2v) is 4.45. The molecular formula is C11H21ClN4. The standard InChI is InChI=1S/C11H20N4.ClH/c1-14-9-13-7-11(14)8-15-4-2-10(6-12)3-5-15;/h7,9-10H,2-6,8,12H2,1H3;1H. The van der Waals surface area contributed by atoms with E-state index in [0.717, 1.165) is 19.0 Å². The highest BCUT2D eigenvalue weighted by Gasteiger charge is 2.18. The molecule has 0 aromatic carbocycles. The molecule has 0 radical (unpaired) electrons. The lowest BCUT2D eigenvalue weighted by molar-refractivity contribution is 0.177. The van der Waals surface area contributed by atoms with E-state index in [4.69, 9.17) is 5.73 Å². The lowest BCUT2D eigenvalue weighted by Gasteiger charge is -2.31. The Balaban J connectivity index is 0.00000128. The van der Waals surface area contributed by atoms with Gasteiger partial charge in [0.1, 0.15) is 0 Å². The van der Waals surface area contributed by atoms with Gasteiger partial charge in [-0.1, -0.05) is 0 Å². The fourth-order valence-electron chi connectivity index (χ4n) is 2.15. The number of nitrogens with two attached hydrogens (primary N) is 1. The van der Waals surface area contributed by atoms with Crippen LogP contribution in [0.15, 0.2) is 12.5 Å². The molecule has 1 saturated heterocycles. The van der Waals surface area contributed by atoms with Gasteiger partial charge in [-0.05, 0) is 38.4 Å². The van der Waals surface area contributed by atoms with Gasteiger partial charge in [0.25, 0.3) is 0 Å². The third kappa shape index (κ3) is 3.20. The fraction of sp³-hybridized carbons (Fsp3) is 0.727. The van der Waals surface area contributed by atoms with Gasteiger partial charge >= 0.3 is 0 Å². The zero-order valence-corrected chi connectivity index (χ0v) is 10.6. The maximum Gasteiger partial charge on any atom is 0.0945 e. The van der Waals surface area contributed by atoms with Gasteiger partial charge in [0.15, 0.2) is 0 Å². The maximum absolute atomic E-state index is 5.68. The lowest BCUT2D eigenvalue weighted by Crippen LogP contribution is -2.35. The van der Waals surface area contributed by atoms with Crippen LogP contribution in [0.2, 0.25) is 0 Å². The summed E-state index contributed by atoms with van der Waals surface area (Å²) in [7, 11) is 2.05. The molecule has 0 aliphatic carbocycles. The number of aryl methyl sites for hydroxylation is 1. The third-order valence-corrected chi connectivity index (χ3v) is 3.34. The quantitative estimate of drug-likeness (QED) is 0.864. The summed E-state index contributed by atoms with van der Waals surface area (Å²) in [6.45, 7) is 4.22. The molecule has 92 valence electrons. The van der Waals surface area contributed by atoms with Gasteiger partial charge in [0.05, 0.1) is 12.0 Å². The van der Waals surface area contributed by atoms with E-state index < -0.39 is 0 Å². The Kier molecular flexibility index (Phi) is 5.25. The number of halogens is 1. The van der Waals surface area contributed by atoms with Crippen molar-refractivity contribution in [1.82, 2.24) is 14.5 Å². The van der Waals surface area contributed by atoms with Crippen LogP contribution in [0.4, 0.5) is 0 Å². The summed E-state index contributed by atoms with van der Waals surface area (Å²) in [5.74, 6) is 0.743. The maximum atomic E-state index is 5.68. The average Bonchev–Trinajstić information content (AvgIpc) is 2.66. The molecule has 2 heterocycles. The Morgan fingerprint density at radius 1 is 1.44 bits per heavy atom. The zero-order valence-electron chi connectivity index (χ0n) is 9.80. The summed E-state index contributed by atoms with van der Waals surface area (Å²) in [6.07, 6.45) is 6.31. The number of aromatic nitrogens is 2. The summed E-state index contributed by atoms with van der Waals surface area (Å²) in [6, 6.07) is 0. The topological polar surface area (TPSA) is 47.1 Å². The van der Waals surface area contributed by atoms with E-state index >= 15 is 0 Å². The van der Waals surface area contributed by atoms with Gasteiger partial charge in [-0.2, -0.15) is 0 Å². The second-order valence-electron chi connectivity index (χ2n) is 4.45. The molecular weight excluding hydrogens is 224 g/mol. The molecule has 1 aromatic rings. The molecule has 0 atom stereocenters. The number of rotatable bonds is 3. The first-order valence-corrected chi connectivity index (χ1v) is 5.67. The number of hydrogen-bond acceptors (Lipinski definition) is 3. The van der Waals surface area contributed by atoms with Gasteiger partial charge in [0, 0.05) is 19.8 Å². The average molecular weight is 245 g/mol. The van der Waals surface area contributed by atoms with E-state index in [1.54, 1.807) is 0 Å². The molecule has 0 spiro atoms. The smallest absolute Gasteiger partial charge is 0.0945 e. The van der Waals surface area contributed by atoms with E-state index in [1.807, 2.05) is 12.5 Å². The van der Waals surface area contributed by atoms with Gasteiger partial charge in [-0.25, -0.2) is 4.98 Å². The van der Waals surface area contributed by atoms with E-state index in [9.17, 15) is 0 Å². The molecule has 2 N–H and O–H groups in total. The Hall–Kier alpha value is -0.580. The highest BCUT2D eigenvalue weighted by Crippen LogP contribution is 2.17. The Labute approximate surface area is 103 Å². The number of imidazole rings is 1. The van der Waals surface area contributed by atoms with Crippen LogP contribution in [0.1, 0.15) is 18.5 Å². The molecule has 16 heavy (non-hydrogen) atoms. The van der Waals surface area contributed by atoms with Crippen molar-refractivity contribution in [3.63, 3.8) is 0 Å². The third-order valence-electron chi connectivity index (χ3n) is 3.34. The van der Waals surface area contributed by atoms with Gasteiger partial charge in [0.2, 0.25) is 0 Å². The Bertz CT molecular complexity index is 305. The van der Waals surface area contributed by atoms with E-state index in [2.05, 4.69) is 21.5 Å². The van der Waals surface area contributed by atoms with Crippen LogP contribution >= 0.6 is 12.4 Å². The minimum Gasteiger partial charge on any atom is -0.337 e. The number of nitrogens with zero attached hydrogens (tertiary/aromatic N) is 3. The highest BCUT2D eigenvalue weighted by atomic mass is 35.5. The second kappa shape index (κ2) is 6.23. The molecule has 0 saturated carbocycles. The first kappa shape index (κ1) is 13.5. The summed E-state index contributed by atoms with van der Waals surface area (Å²) < 4.78 is 2.09. The van der Waals surface area contributed by atoms with Crippen molar-refractivity contribution in [3.05, 3.63) is 18.2 Å². The van der Waals surface area contributed by atoms with Crippen molar-refractivity contribution >= 4 is 12.4 Å². The summed E-state index contributed by atoms with van der Waals surface area (Å²) in [5.41, 5.74) is 6.97. The van der Waals surface area contributed by atoms with Gasteiger partial charge in [-0.15, -0.1) is 12.4 Å². The number of hydrogen-bond donors (Lipinski definition) is 1. The van der Waals surface area contributed by atoms with Crippen LogP contribution in [0, 0.1) is 5.92 Å². The predicted molar refractivity (Wildman–Crippen MR) is 67.5 cm³/mol. The first-order chi connectivity index (χ1) is 7.29. The van der Waals surface area contributed by atoms with E-state index in [0.29, 0.717) is 0 Å². The monoisotopic (exact) mass is 244 g/mol. The molecule has 0 unspecified atom stereocenters. The summed E-state index contributed by atoms with van der Waals surface area (Å²) in [5, 5.41) is 0. The van der Waals surface area contributed by atoms with Crippen molar-refractivity contribution in [2.45, 2.75) is 19.4 Å². The fourth-order valence-corrected chi connectivity index (χ4v) is 2.15. The van der Waals surface area contributed by atoms with Gasteiger partial charge < -0.3 is 10.3 Å². The van der Waals surface area contributed by atoms with Crippen molar-refractivity contribution in [2.24, 2.45) is 18.7 Å². The summed E-state index contributed by atoms with van der Waals surface area (Å²) >= 11 is 0. The van der Waals surface area contributed by atoms with Crippen LogP contribution in [-0.2, 0) is 13.6 Å². The SMILES string of the molecule is Cl.Cn1cncc1CN1CCC(CN)CC1. The molecule has 2 rings (SSSR count). The Morgan fingerprint density at radius 2 is 2.12 bits per heavy atom.